The molecule has 0 atom stereocenters. The Kier molecular flexibility index (Phi) is 3.84. The van der Waals surface area contributed by atoms with Crippen molar-refractivity contribution in [3.05, 3.63) is 33.3 Å². The molecule has 5 heteroatoms. The summed E-state index contributed by atoms with van der Waals surface area (Å²) >= 11 is 9.18. The molecule has 86 valence electrons. The van der Waals surface area contributed by atoms with E-state index in [4.69, 9.17) is 16.3 Å². The number of benzene rings is 1. The molecular formula is C11H11BrClNO2. The highest BCUT2D eigenvalue weighted by molar-refractivity contribution is 9.10. The molecule has 0 aromatic heterocycles. The van der Waals surface area contributed by atoms with Gasteiger partial charge in [-0.05, 0) is 34.1 Å². The van der Waals surface area contributed by atoms with Crippen LogP contribution in [0, 0.1) is 0 Å². The zero-order valence-electron chi connectivity index (χ0n) is 8.58. The highest BCUT2D eigenvalue weighted by Gasteiger charge is 2.20. The molecule has 0 N–H and O–H groups in total. The molecular weight excluding hydrogens is 293 g/mol. The van der Waals surface area contributed by atoms with Gasteiger partial charge in [-0.2, -0.15) is 0 Å². The molecule has 1 aliphatic heterocycles. The van der Waals surface area contributed by atoms with E-state index in [9.17, 15) is 4.79 Å². The second-order valence-electron chi connectivity index (χ2n) is 3.53. The number of carbonyl (C=O) groups is 1. The van der Waals surface area contributed by atoms with E-state index >= 15 is 0 Å². The molecule has 0 bridgehead atoms. The lowest BCUT2D eigenvalue weighted by Crippen LogP contribution is -2.40. The summed E-state index contributed by atoms with van der Waals surface area (Å²) in [7, 11) is 0. The van der Waals surface area contributed by atoms with Crippen LogP contribution in [0.2, 0.25) is 5.02 Å². The van der Waals surface area contributed by atoms with Crippen molar-refractivity contribution in [2.75, 3.05) is 26.3 Å². The number of hydrogen-bond acceptors (Lipinski definition) is 2. The third-order valence-corrected chi connectivity index (χ3v) is 3.35. The third kappa shape index (κ3) is 2.56. The molecule has 1 aromatic rings. The zero-order valence-corrected chi connectivity index (χ0v) is 10.9. The number of halogens is 2. The molecule has 2 rings (SSSR count). The van der Waals surface area contributed by atoms with Gasteiger partial charge in [-0.25, -0.2) is 0 Å². The average Bonchev–Trinajstić information content (AvgIpc) is 2.29. The summed E-state index contributed by atoms with van der Waals surface area (Å²) in [6.07, 6.45) is 0. The topological polar surface area (TPSA) is 29.5 Å². The van der Waals surface area contributed by atoms with Crippen LogP contribution < -0.4 is 0 Å². The van der Waals surface area contributed by atoms with E-state index in [0.29, 0.717) is 36.9 Å². The first-order valence-electron chi connectivity index (χ1n) is 5.00. The standard InChI is InChI=1S/C11H11BrClNO2/c12-10-7-8(13)1-2-9(10)11(15)14-3-5-16-6-4-14/h1-2,7H,3-6H2. The lowest BCUT2D eigenvalue weighted by Gasteiger charge is -2.27. The normalized spacial score (nSPS) is 16.2. The smallest absolute Gasteiger partial charge is 0.255 e. The summed E-state index contributed by atoms with van der Waals surface area (Å²) in [6.45, 7) is 2.51. The second kappa shape index (κ2) is 5.17. The van der Waals surface area contributed by atoms with Crippen molar-refractivity contribution >= 4 is 33.4 Å². The quantitative estimate of drug-likeness (QED) is 0.798. The van der Waals surface area contributed by atoms with Gasteiger partial charge >= 0.3 is 0 Å². The van der Waals surface area contributed by atoms with E-state index in [1.807, 2.05) is 0 Å². The van der Waals surface area contributed by atoms with Gasteiger partial charge in [-0.1, -0.05) is 11.6 Å². The van der Waals surface area contributed by atoms with Crippen molar-refractivity contribution in [2.24, 2.45) is 0 Å². The maximum atomic E-state index is 12.1. The Bertz CT molecular complexity index is 405. The number of ether oxygens (including phenoxy) is 1. The van der Waals surface area contributed by atoms with Gasteiger partial charge in [-0.15, -0.1) is 0 Å². The first kappa shape index (κ1) is 11.9. The van der Waals surface area contributed by atoms with Gasteiger partial charge < -0.3 is 9.64 Å². The van der Waals surface area contributed by atoms with Crippen molar-refractivity contribution in [2.45, 2.75) is 0 Å². The molecule has 1 fully saturated rings. The molecule has 0 aliphatic carbocycles. The molecule has 0 spiro atoms. The van der Waals surface area contributed by atoms with Crippen molar-refractivity contribution in [3.8, 4) is 0 Å². The minimum absolute atomic E-state index is 0.0202. The van der Waals surface area contributed by atoms with Gasteiger partial charge in [0.05, 0.1) is 18.8 Å². The van der Waals surface area contributed by atoms with Crippen LogP contribution in [0.5, 0.6) is 0 Å². The van der Waals surface area contributed by atoms with Crippen molar-refractivity contribution in [1.82, 2.24) is 4.90 Å². The van der Waals surface area contributed by atoms with Gasteiger partial charge in [-0.3, -0.25) is 4.79 Å². The van der Waals surface area contributed by atoms with Crippen LogP contribution in [0.25, 0.3) is 0 Å². The zero-order chi connectivity index (χ0) is 11.5. The van der Waals surface area contributed by atoms with E-state index in [1.165, 1.54) is 0 Å². The van der Waals surface area contributed by atoms with Gasteiger partial charge in [0.15, 0.2) is 0 Å². The van der Waals surface area contributed by atoms with E-state index in [2.05, 4.69) is 15.9 Å². The molecule has 1 heterocycles. The lowest BCUT2D eigenvalue weighted by molar-refractivity contribution is 0.0302. The molecule has 0 unspecified atom stereocenters. The first-order valence-corrected chi connectivity index (χ1v) is 6.17. The Hall–Kier alpha value is -0.580. The predicted molar refractivity (Wildman–Crippen MR) is 65.9 cm³/mol. The highest BCUT2D eigenvalue weighted by atomic mass is 79.9. The maximum Gasteiger partial charge on any atom is 0.255 e. The predicted octanol–water partition coefficient (Wildman–Crippen LogP) is 2.57. The van der Waals surface area contributed by atoms with E-state index < -0.39 is 0 Å². The molecule has 1 saturated heterocycles. The first-order chi connectivity index (χ1) is 7.68. The summed E-state index contributed by atoms with van der Waals surface area (Å²) in [5.41, 5.74) is 0.645. The fourth-order valence-corrected chi connectivity index (χ4v) is 2.45. The Balaban J connectivity index is 2.19. The van der Waals surface area contributed by atoms with Crippen LogP contribution in [-0.4, -0.2) is 37.1 Å². The summed E-state index contributed by atoms with van der Waals surface area (Å²) in [4.78, 5) is 13.9. The van der Waals surface area contributed by atoms with Crippen LogP contribution in [-0.2, 0) is 4.74 Å². The number of morpholine rings is 1. The number of rotatable bonds is 1. The van der Waals surface area contributed by atoms with Crippen molar-refractivity contribution < 1.29 is 9.53 Å². The fraction of sp³-hybridized carbons (Fsp3) is 0.364. The Morgan fingerprint density at radius 2 is 2.06 bits per heavy atom. The number of carbonyl (C=O) groups excluding carboxylic acids is 1. The highest BCUT2D eigenvalue weighted by Crippen LogP contribution is 2.23. The van der Waals surface area contributed by atoms with Crippen LogP contribution in [0.3, 0.4) is 0 Å². The lowest BCUT2D eigenvalue weighted by atomic mass is 10.2. The summed E-state index contributed by atoms with van der Waals surface area (Å²) in [5, 5.41) is 0.616. The summed E-state index contributed by atoms with van der Waals surface area (Å²) in [6, 6.07) is 5.19. The number of amides is 1. The van der Waals surface area contributed by atoms with Crippen molar-refractivity contribution in [1.29, 1.82) is 0 Å². The molecule has 1 aromatic carbocycles. The third-order valence-electron chi connectivity index (χ3n) is 2.46. The number of hydrogen-bond donors (Lipinski definition) is 0. The van der Waals surface area contributed by atoms with Gasteiger partial charge in [0.25, 0.3) is 5.91 Å². The largest absolute Gasteiger partial charge is 0.378 e. The average molecular weight is 305 g/mol. The van der Waals surface area contributed by atoms with E-state index in [0.717, 1.165) is 4.47 Å². The molecule has 1 amide bonds. The monoisotopic (exact) mass is 303 g/mol. The molecule has 0 radical (unpaired) electrons. The van der Waals surface area contributed by atoms with E-state index in [-0.39, 0.29) is 5.91 Å². The molecule has 16 heavy (non-hydrogen) atoms. The minimum Gasteiger partial charge on any atom is -0.378 e. The minimum atomic E-state index is 0.0202. The van der Waals surface area contributed by atoms with Gasteiger partial charge in [0.2, 0.25) is 0 Å². The SMILES string of the molecule is O=C(c1ccc(Cl)cc1Br)N1CCOCC1. The Morgan fingerprint density at radius 3 is 2.69 bits per heavy atom. The Labute approximate surface area is 107 Å². The van der Waals surface area contributed by atoms with E-state index in [1.54, 1.807) is 23.1 Å². The summed E-state index contributed by atoms with van der Waals surface area (Å²) in [5.74, 6) is 0.0202. The molecule has 3 nitrogen and oxygen atoms in total. The van der Waals surface area contributed by atoms with Crippen molar-refractivity contribution in [3.63, 3.8) is 0 Å². The molecule has 1 aliphatic rings. The van der Waals surface area contributed by atoms with Gasteiger partial charge in [0.1, 0.15) is 0 Å². The van der Waals surface area contributed by atoms with Crippen LogP contribution in [0.4, 0.5) is 0 Å². The van der Waals surface area contributed by atoms with Gasteiger partial charge in [0, 0.05) is 22.6 Å². The van der Waals surface area contributed by atoms with Crippen LogP contribution in [0.15, 0.2) is 22.7 Å². The maximum absolute atomic E-state index is 12.1. The Morgan fingerprint density at radius 1 is 1.38 bits per heavy atom. The molecule has 0 saturated carbocycles. The fourth-order valence-electron chi connectivity index (χ4n) is 1.60. The van der Waals surface area contributed by atoms with Crippen LogP contribution in [0.1, 0.15) is 10.4 Å². The van der Waals surface area contributed by atoms with Crippen LogP contribution >= 0.6 is 27.5 Å². The number of nitrogens with zero attached hydrogens (tertiary/aromatic N) is 1. The summed E-state index contributed by atoms with van der Waals surface area (Å²) < 4.78 is 5.94. The second-order valence-corrected chi connectivity index (χ2v) is 4.82.